The molecule has 7 heteroatoms. The van der Waals surface area contributed by atoms with Gasteiger partial charge in [0.05, 0.1) is 0 Å². The predicted molar refractivity (Wildman–Crippen MR) is 53.6 cm³/mol. The fourth-order valence-electron chi connectivity index (χ4n) is 1.01. The molecule has 0 aliphatic rings. The third-order valence-electron chi connectivity index (χ3n) is 2.15. The summed E-state index contributed by atoms with van der Waals surface area (Å²) in [5, 5.41) is 0. The maximum absolute atomic E-state index is 11.7. The molecule has 0 fully saturated rings. The summed E-state index contributed by atoms with van der Waals surface area (Å²) in [6.07, 6.45) is 0. The monoisotopic (exact) mass is 223 g/mol. The SMILES string of the molecule is CC(C)C(N)(C(N)=O)S(=O)(=O)N(C)C. The molecule has 1 unspecified atom stereocenters. The molecule has 0 bridgehead atoms. The molecule has 0 aromatic rings. The van der Waals surface area contributed by atoms with Gasteiger partial charge in [0.1, 0.15) is 0 Å². The summed E-state index contributed by atoms with van der Waals surface area (Å²) in [5.41, 5.74) is 10.6. The number of amides is 1. The number of carbonyl (C=O) groups excluding carboxylic acids is 1. The van der Waals surface area contributed by atoms with E-state index in [9.17, 15) is 13.2 Å². The summed E-state index contributed by atoms with van der Waals surface area (Å²) in [4.78, 5) is 9.06. The van der Waals surface area contributed by atoms with Crippen LogP contribution in [-0.2, 0) is 14.8 Å². The number of nitrogens with zero attached hydrogens (tertiary/aromatic N) is 1. The first-order chi connectivity index (χ1) is 6.08. The highest BCUT2D eigenvalue weighted by atomic mass is 32.2. The summed E-state index contributed by atoms with van der Waals surface area (Å²) in [5.74, 6) is -1.63. The van der Waals surface area contributed by atoms with Gasteiger partial charge >= 0.3 is 0 Å². The Morgan fingerprint density at radius 1 is 1.36 bits per heavy atom. The Morgan fingerprint density at radius 2 is 1.71 bits per heavy atom. The zero-order valence-electron chi connectivity index (χ0n) is 8.81. The lowest BCUT2D eigenvalue weighted by Gasteiger charge is -2.31. The molecule has 14 heavy (non-hydrogen) atoms. The molecule has 1 atom stereocenters. The first-order valence-electron chi connectivity index (χ1n) is 4.09. The van der Waals surface area contributed by atoms with Crippen LogP contribution in [0.2, 0.25) is 0 Å². The molecule has 0 rings (SSSR count). The van der Waals surface area contributed by atoms with Crippen LogP contribution in [0.3, 0.4) is 0 Å². The molecule has 0 aromatic carbocycles. The van der Waals surface area contributed by atoms with Crippen molar-refractivity contribution in [1.29, 1.82) is 0 Å². The zero-order valence-corrected chi connectivity index (χ0v) is 9.63. The van der Waals surface area contributed by atoms with Gasteiger partial charge in [0.15, 0.2) is 0 Å². The lowest BCUT2D eigenvalue weighted by atomic mass is 10.0. The van der Waals surface area contributed by atoms with Crippen molar-refractivity contribution in [3.63, 3.8) is 0 Å². The van der Waals surface area contributed by atoms with Crippen molar-refractivity contribution < 1.29 is 13.2 Å². The summed E-state index contributed by atoms with van der Waals surface area (Å²) in [6.45, 7) is 3.07. The minimum atomic E-state index is -3.90. The maximum atomic E-state index is 11.7. The number of primary amides is 1. The van der Waals surface area contributed by atoms with E-state index < -0.39 is 26.7 Å². The van der Waals surface area contributed by atoms with Gasteiger partial charge in [-0.15, -0.1) is 0 Å². The van der Waals surface area contributed by atoms with E-state index in [0.29, 0.717) is 0 Å². The lowest BCUT2D eigenvalue weighted by Crippen LogP contribution is -2.64. The van der Waals surface area contributed by atoms with Crippen LogP contribution in [0.25, 0.3) is 0 Å². The number of hydrogen-bond donors (Lipinski definition) is 2. The average molecular weight is 223 g/mol. The molecule has 0 radical (unpaired) electrons. The second-order valence-corrected chi connectivity index (χ2v) is 5.96. The van der Waals surface area contributed by atoms with E-state index in [1.54, 1.807) is 0 Å². The van der Waals surface area contributed by atoms with Crippen molar-refractivity contribution in [3.05, 3.63) is 0 Å². The molecule has 0 heterocycles. The minimum absolute atomic E-state index is 0.590. The van der Waals surface area contributed by atoms with Gasteiger partial charge in [0.25, 0.3) is 5.91 Å². The first-order valence-corrected chi connectivity index (χ1v) is 5.53. The van der Waals surface area contributed by atoms with Crippen LogP contribution in [0.5, 0.6) is 0 Å². The van der Waals surface area contributed by atoms with Gasteiger partial charge in [-0.3, -0.25) is 4.79 Å². The van der Waals surface area contributed by atoms with E-state index in [4.69, 9.17) is 11.5 Å². The number of rotatable bonds is 4. The van der Waals surface area contributed by atoms with E-state index in [1.807, 2.05) is 0 Å². The van der Waals surface area contributed by atoms with Gasteiger partial charge in [-0.05, 0) is 5.92 Å². The van der Waals surface area contributed by atoms with E-state index in [2.05, 4.69) is 0 Å². The third-order valence-corrected chi connectivity index (χ3v) is 4.64. The molecule has 0 saturated carbocycles. The average Bonchev–Trinajstić information content (AvgIpc) is 2.01. The van der Waals surface area contributed by atoms with Gasteiger partial charge in [0, 0.05) is 14.1 Å². The molecule has 0 aromatic heterocycles. The fourth-order valence-corrected chi connectivity index (χ4v) is 2.47. The second kappa shape index (κ2) is 3.84. The van der Waals surface area contributed by atoms with Crippen molar-refractivity contribution in [2.45, 2.75) is 18.7 Å². The van der Waals surface area contributed by atoms with Crippen LogP contribution in [0, 0.1) is 5.92 Å². The van der Waals surface area contributed by atoms with Crippen LogP contribution in [-0.4, -0.2) is 37.6 Å². The first kappa shape index (κ1) is 13.3. The van der Waals surface area contributed by atoms with Crippen LogP contribution < -0.4 is 11.5 Å². The van der Waals surface area contributed by atoms with Gasteiger partial charge in [0.2, 0.25) is 14.9 Å². The molecule has 6 nitrogen and oxygen atoms in total. The van der Waals surface area contributed by atoms with Gasteiger partial charge in [-0.25, -0.2) is 12.7 Å². The van der Waals surface area contributed by atoms with E-state index in [0.717, 1.165) is 4.31 Å². The van der Waals surface area contributed by atoms with E-state index >= 15 is 0 Å². The second-order valence-electron chi connectivity index (χ2n) is 3.60. The van der Waals surface area contributed by atoms with Crippen molar-refractivity contribution in [3.8, 4) is 0 Å². The Bertz CT molecular complexity index is 323. The maximum Gasteiger partial charge on any atom is 0.254 e. The topological polar surface area (TPSA) is 106 Å². The third kappa shape index (κ3) is 1.75. The smallest absolute Gasteiger partial charge is 0.254 e. The highest BCUT2D eigenvalue weighted by Crippen LogP contribution is 2.22. The molecule has 0 spiro atoms. The molecular formula is C7H17N3O3S. The molecular weight excluding hydrogens is 206 g/mol. The van der Waals surface area contributed by atoms with Crippen molar-refractivity contribution in [2.75, 3.05) is 14.1 Å². The van der Waals surface area contributed by atoms with E-state index in [1.165, 1.54) is 27.9 Å². The van der Waals surface area contributed by atoms with Gasteiger partial charge < -0.3 is 11.5 Å². The van der Waals surface area contributed by atoms with Crippen molar-refractivity contribution >= 4 is 15.9 Å². The van der Waals surface area contributed by atoms with Gasteiger partial charge in [-0.1, -0.05) is 13.8 Å². The molecule has 0 aliphatic carbocycles. The largest absolute Gasteiger partial charge is 0.367 e. The normalized spacial score (nSPS) is 17.1. The standard InChI is InChI=1S/C7H17N3O3S/c1-5(2)7(9,6(8)11)14(12,13)10(3)4/h5H,9H2,1-4H3,(H2,8,11). The summed E-state index contributed by atoms with van der Waals surface area (Å²) >= 11 is 0. The quantitative estimate of drug-likeness (QED) is 0.616. The molecule has 0 aliphatic heterocycles. The Balaban J connectivity index is 5.58. The lowest BCUT2D eigenvalue weighted by molar-refractivity contribution is -0.121. The van der Waals surface area contributed by atoms with Gasteiger partial charge in [-0.2, -0.15) is 0 Å². The van der Waals surface area contributed by atoms with E-state index in [-0.39, 0.29) is 0 Å². The Kier molecular flexibility index (Phi) is 3.65. The van der Waals surface area contributed by atoms with Crippen LogP contribution in [0.15, 0.2) is 0 Å². The zero-order chi connectivity index (χ0) is 11.7. The Labute approximate surface area is 84.3 Å². The number of carbonyl (C=O) groups is 1. The summed E-state index contributed by atoms with van der Waals surface area (Å²) in [6, 6.07) is 0. The summed E-state index contributed by atoms with van der Waals surface area (Å²) in [7, 11) is -1.28. The van der Waals surface area contributed by atoms with Crippen molar-refractivity contribution in [1.82, 2.24) is 4.31 Å². The summed E-state index contributed by atoms with van der Waals surface area (Å²) < 4.78 is 24.4. The van der Waals surface area contributed by atoms with Crippen molar-refractivity contribution in [2.24, 2.45) is 17.4 Å². The molecule has 0 saturated heterocycles. The number of nitrogens with two attached hydrogens (primary N) is 2. The van der Waals surface area contributed by atoms with Crippen LogP contribution in [0.4, 0.5) is 0 Å². The highest BCUT2D eigenvalue weighted by Gasteiger charge is 2.49. The molecule has 1 amide bonds. The molecule has 84 valence electrons. The van der Waals surface area contributed by atoms with Crippen LogP contribution >= 0.6 is 0 Å². The predicted octanol–water partition coefficient (Wildman–Crippen LogP) is -1.33. The Hall–Kier alpha value is -0.660. The number of hydrogen-bond acceptors (Lipinski definition) is 4. The van der Waals surface area contributed by atoms with Crippen LogP contribution in [0.1, 0.15) is 13.8 Å². The molecule has 4 N–H and O–H groups in total. The highest BCUT2D eigenvalue weighted by molar-refractivity contribution is 7.91. The Morgan fingerprint density at radius 3 is 1.79 bits per heavy atom. The number of sulfonamides is 1. The minimum Gasteiger partial charge on any atom is -0.367 e. The fraction of sp³-hybridized carbons (Fsp3) is 0.857.